The molecule has 1 aliphatic carbocycles. The first kappa shape index (κ1) is 22.6. The number of nitrogens with two attached hydrogens (primary N) is 1. The highest BCUT2D eigenvalue weighted by Crippen LogP contribution is 2.24. The van der Waals surface area contributed by atoms with Crippen LogP contribution in [-0.4, -0.2) is 27.8 Å². The first-order chi connectivity index (χ1) is 13.0. The Morgan fingerprint density at radius 1 is 1.22 bits per heavy atom. The van der Waals surface area contributed by atoms with Crippen molar-refractivity contribution in [3.63, 3.8) is 0 Å². The lowest BCUT2D eigenvalue weighted by Crippen LogP contribution is -1.99. The Balaban J connectivity index is 0.000000251. The quantitative estimate of drug-likeness (QED) is 0.771. The number of carbonyl (C=O) groups is 1. The highest BCUT2D eigenvalue weighted by molar-refractivity contribution is 5.57. The second-order valence-electron chi connectivity index (χ2n) is 6.58. The van der Waals surface area contributed by atoms with E-state index in [1.54, 1.807) is 26.0 Å². The molecule has 0 amide bonds. The van der Waals surface area contributed by atoms with E-state index in [-0.39, 0.29) is 11.9 Å². The molecule has 150 valence electrons. The van der Waals surface area contributed by atoms with Gasteiger partial charge in [0.05, 0.1) is 18.0 Å². The fourth-order valence-electron chi connectivity index (χ4n) is 2.52. The minimum atomic E-state index is 0.0301. The van der Waals surface area contributed by atoms with Gasteiger partial charge in [-0.1, -0.05) is 43.7 Å². The molecule has 2 heterocycles. The Morgan fingerprint density at radius 2 is 1.81 bits per heavy atom. The van der Waals surface area contributed by atoms with E-state index in [2.05, 4.69) is 14.9 Å². The normalized spacial score (nSPS) is 13.1. The summed E-state index contributed by atoms with van der Waals surface area (Å²) in [4.78, 5) is 13.4. The van der Waals surface area contributed by atoms with E-state index in [9.17, 15) is 4.79 Å². The molecular weight excluding hydrogens is 346 g/mol. The highest BCUT2D eigenvalue weighted by Gasteiger charge is 2.14. The van der Waals surface area contributed by atoms with E-state index in [1.807, 2.05) is 6.92 Å². The molecule has 0 unspecified atom stereocenters. The fourth-order valence-corrected chi connectivity index (χ4v) is 2.52. The molecule has 3 rings (SSSR count). The Kier molecular flexibility index (Phi) is 10.8. The van der Waals surface area contributed by atoms with Crippen LogP contribution in [0, 0.1) is 6.92 Å². The smallest absolute Gasteiger partial charge is 0.293 e. The number of aromatic hydroxyl groups is 1. The van der Waals surface area contributed by atoms with Gasteiger partial charge in [-0.25, -0.2) is 4.98 Å². The maximum absolute atomic E-state index is 9.39. The molecule has 0 bridgehead atoms. The Morgan fingerprint density at radius 3 is 2.19 bits per heavy atom. The number of ether oxygens (including phenoxy) is 1. The van der Waals surface area contributed by atoms with Gasteiger partial charge in [-0.05, 0) is 32.9 Å². The molecule has 1 saturated carbocycles. The van der Waals surface area contributed by atoms with Gasteiger partial charge in [-0.15, -0.1) is 0 Å². The monoisotopic (exact) mass is 377 g/mol. The standard InChI is InChI=1S/C10H11N3O2.C6H12.C4H8O2/c1-6-8(4-11)10(15-13-6)9-3-2-7(14)5-12-9;1-2-4-6-5-3-1;1-4(2)6-3-5/h2-3,5,14H,4,11H2,1H3;1-6H2;3-4H,1-2H3. The first-order valence-corrected chi connectivity index (χ1v) is 9.39. The van der Waals surface area contributed by atoms with Crippen LogP contribution in [0.1, 0.15) is 63.6 Å². The number of hydrogen-bond donors (Lipinski definition) is 2. The predicted molar refractivity (Wildman–Crippen MR) is 104 cm³/mol. The average molecular weight is 377 g/mol. The number of rotatable bonds is 4. The van der Waals surface area contributed by atoms with Crippen LogP contribution in [0.2, 0.25) is 0 Å². The summed E-state index contributed by atoms with van der Waals surface area (Å²) in [5.74, 6) is 0.680. The second kappa shape index (κ2) is 12.9. The number of aromatic nitrogens is 2. The van der Waals surface area contributed by atoms with Crippen molar-refractivity contribution in [3.05, 3.63) is 29.6 Å². The summed E-state index contributed by atoms with van der Waals surface area (Å²) >= 11 is 0. The van der Waals surface area contributed by atoms with Crippen LogP contribution in [0.15, 0.2) is 22.9 Å². The van der Waals surface area contributed by atoms with Gasteiger partial charge in [0.2, 0.25) is 0 Å². The highest BCUT2D eigenvalue weighted by atomic mass is 16.5. The third kappa shape index (κ3) is 8.68. The summed E-state index contributed by atoms with van der Waals surface area (Å²) < 4.78 is 9.50. The Hall–Kier alpha value is -2.41. The van der Waals surface area contributed by atoms with Gasteiger partial charge in [-0.2, -0.15) is 0 Å². The summed E-state index contributed by atoms with van der Waals surface area (Å²) in [6.07, 6.45) is 10.4. The lowest BCUT2D eigenvalue weighted by molar-refractivity contribution is -0.131. The number of carbonyl (C=O) groups excluding carboxylic acids is 1. The van der Waals surface area contributed by atoms with Crippen molar-refractivity contribution in [1.82, 2.24) is 10.1 Å². The summed E-state index contributed by atoms with van der Waals surface area (Å²) in [5, 5.41) is 12.9. The summed E-state index contributed by atoms with van der Waals surface area (Å²) in [6, 6.07) is 3.20. The van der Waals surface area contributed by atoms with Crippen LogP contribution in [0.25, 0.3) is 11.5 Å². The van der Waals surface area contributed by atoms with Crippen LogP contribution in [-0.2, 0) is 16.1 Å². The van der Waals surface area contributed by atoms with Crippen LogP contribution < -0.4 is 5.73 Å². The molecule has 0 radical (unpaired) electrons. The topological polar surface area (TPSA) is 111 Å². The molecule has 7 heteroatoms. The molecule has 7 nitrogen and oxygen atoms in total. The second-order valence-corrected chi connectivity index (χ2v) is 6.58. The number of nitrogens with zero attached hydrogens (tertiary/aromatic N) is 2. The molecule has 27 heavy (non-hydrogen) atoms. The van der Waals surface area contributed by atoms with Gasteiger partial charge < -0.3 is 20.1 Å². The molecule has 1 aliphatic rings. The zero-order valence-electron chi connectivity index (χ0n) is 16.5. The van der Waals surface area contributed by atoms with Crippen molar-refractivity contribution in [1.29, 1.82) is 0 Å². The van der Waals surface area contributed by atoms with Gasteiger partial charge in [0.15, 0.2) is 5.76 Å². The van der Waals surface area contributed by atoms with Crippen molar-refractivity contribution in [2.45, 2.75) is 71.9 Å². The zero-order chi connectivity index (χ0) is 20.1. The van der Waals surface area contributed by atoms with E-state index in [4.69, 9.17) is 15.4 Å². The molecule has 0 spiro atoms. The van der Waals surface area contributed by atoms with Gasteiger partial charge in [0.1, 0.15) is 11.4 Å². The lowest BCUT2D eigenvalue weighted by Gasteiger charge is -2.05. The van der Waals surface area contributed by atoms with Crippen molar-refractivity contribution < 1.29 is 19.2 Å². The van der Waals surface area contributed by atoms with Crippen molar-refractivity contribution in [2.24, 2.45) is 5.73 Å². The molecule has 0 atom stereocenters. The molecule has 3 N–H and O–H groups in total. The van der Waals surface area contributed by atoms with E-state index in [1.165, 1.54) is 44.7 Å². The summed E-state index contributed by atoms with van der Waals surface area (Å²) in [6.45, 7) is 6.23. The van der Waals surface area contributed by atoms with Crippen LogP contribution in [0.5, 0.6) is 5.75 Å². The van der Waals surface area contributed by atoms with Crippen LogP contribution in [0.4, 0.5) is 0 Å². The summed E-state index contributed by atoms with van der Waals surface area (Å²) in [7, 11) is 0. The van der Waals surface area contributed by atoms with Crippen molar-refractivity contribution >= 4 is 6.47 Å². The zero-order valence-corrected chi connectivity index (χ0v) is 16.5. The summed E-state index contributed by atoms with van der Waals surface area (Å²) in [5.41, 5.74) is 7.81. The number of hydrogen-bond acceptors (Lipinski definition) is 7. The Bertz CT molecular complexity index is 638. The molecular formula is C20H31N3O4. The number of pyridine rings is 1. The predicted octanol–water partition coefficient (Wildman–Crippen LogP) is 4.12. The lowest BCUT2D eigenvalue weighted by atomic mass is 10.0. The molecule has 2 aromatic rings. The maximum atomic E-state index is 9.39. The van der Waals surface area contributed by atoms with Crippen LogP contribution >= 0.6 is 0 Å². The first-order valence-electron chi connectivity index (χ1n) is 9.39. The van der Waals surface area contributed by atoms with Gasteiger partial charge in [-0.3, -0.25) is 4.79 Å². The van der Waals surface area contributed by atoms with E-state index < -0.39 is 0 Å². The minimum absolute atomic E-state index is 0.0301. The molecule has 0 aromatic carbocycles. The molecule has 1 fully saturated rings. The Labute approximate surface area is 160 Å². The molecule has 0 aliphatic heterocycles. The molecule has 0 saturated heterocycles. The van der Waals surface area contributed by atoms with E-state index in [0.717, 1.165) is 11.3 Å². The van der Waals surface area contributed by atoms with Gasteiger partial charge in [0.25, 0.3) is 6.47 Å². The van der Waals surface area contributed by atoms with Crippen molar-refractivity contribution in [2.75, 3.05) is 0 Å². The number of aryl methyl sites for hydroxylation is 1. The third-order valence-electron chi connectivity index (χ3n) is 4.00. The van der Waals surface area contributed by atoms with Crippen LogP contribution in [0.3, 0.4) is 0 Å². The third-order valence-corrected chi connectivity index (χ3v) is 4.00. The molecule has 2 aromatic heterocycles. The average Bonchev–Trinajstić information content (AvgIpc) is 3.05. The maximum Gasteiger partial charge on any atom is 0.293 e. The van der Waals surface area contributed by atoms with Crippen molar-refractivity contribution in [3.8, 4) is 17.2 Å². The van der Waals surface area contributed by atoms with Gasteiger partial charge in [0, 0.05) is 12.1 Å². The van der Waals surface area contributed by atoms with E-state index in [0.29, 0.717) is 24.5 Å². The van der Waals surface area contributed by atoms with Gasteiger partial charge >= 0.3 is 0 Å². The SMILES string of the molecule is C1CCCCC1.CC(C)OC=O.Cc1noc(-c2ccc(O)cn2)c1CN. The largest absolute Gasteiger partial charge is 0.506 e. The minimum Gasteiger partial charge on any atom is -0.506 e. The fraction of sp³-hybridized carbons (Fsp3) is 0.550. The van der Waals surface area contributed by atoms with E-state index >= 15 is 0 Å².